The Labute approximate surface area is 636 Å². The van der Waals surface area contributed by atoms with Crippen molar-refractivity contribution in [2.24, 2.45) is 0 Å². The van der Waals surface area contributed by atoms with E-state index in [1.54, 1.807) is 31.2 Å². The minimum Gasteiger partial charge on any atom is -0.463 e. The van der Waals surface area contributed by atoms with Crippen LogP contribution in [-0.4, -0.2) is 200 Å². The highest BCUT2D eigenvalue weighted by Gasteiger charge is 2.62. The lowest BCUT2D eigenvalue weighted by molar-refractivity contribution is -0.400. The Kier molecular flexibility index (Phi) is 29.2. The molecule has 0 aromatic heterocycles. The molecule has 0 radical (unpaired) electrons. The maximum atomic E-state index is 15.2. The molecule has 4 fully saturated rings. The summed E-state index contributed by atoms with van der Waals surface area (Å²) in [5, 5.41) is 2.75. The number of nitrogens with zero attached hydrogens (tertiary/aromatic N) is 1. The summed E-state index contributed by atoms with van der Waals surface area (Å²) in [7, 11) is 0. The van der Waals surface area contributed by atoms with Crippen molar-refractivity contribution in [2.75, 3.05) is 25.6 Å². The van der Waals surface area contributed by atoms with E-state index in [-0.39, 0.29) is 50.8 Å². The predicted octanol–water partition coefficient (Wildman–Crippen LogP) is 8.46. The third-order valence-corrected chi connectivity index (χ3v) is 19.7. The standard InChI is InChI=1S/C81H92N2O25S/c1-9-109-81-65(83-76(90)59-37-25-26-38-60(59)77(83)91)71(96-41-56-31-19-12-20-32-56)68(61(105-81)44-92-39-54-27-15-10-16-28-54)106-80-75(108-79-74(98-43-58-35-23-14-24-36-58)72(97-42-57-33-21-13-22-34-57)66(47(2)99-79)95-40-55-29-17-11-18-30-55)73(69(101-52(7)88)63(104-80)46-94-50(5)86)107-78-64(82-48(3)84)70(102-53(8)89)67(100-51(6)87)62(103-78)45-93-49(4)85/h10-38,47,61-75,78-81H,9,39-46H2,1-8H3,(H,82,84)/t47-,61+,62+,63+,64+,65+,66+,67-,68+,69-,70+,71+,72+,73-,74-,75+,78+,79-,80-,81-/m0/s1. The number of thioether (sulfide) groups is 1. The number of fused-ring (bicyclic) bond motifs is 1. The smallest absolute Gasteiger partial charge is 0.303 e. The zero-order valence-electron chi connectivity index (χ0n) is 61.7. The van der Waals surface area contributed by atoms with Crippen LogP contribution in [0.15, 0.2) is 176 Å². The van der Waals surface area contributed by atoms with Crippen molar-refractivity contribution in [3.8, 4) is 0 Å². The topological polar surface area (TPSA) is 309 Å². The van der Waals surface area contributed by atoms with Crippen molar-refractivity contribution in [1.29, 1.82) is 0 Å². The molecule has 5 aliphatic heterocycles. The van der Waals surface area contributed by atoms with Gasteiger partial charge >= 0.3 is 29.8 Å². The minimum absolute atomic E-state index is 0.0129. The number of benzene rings is 6. The highest BCUT2D eigenvalue weighted by Crippen LogP contribution is 2.44. The van der Waals surface area contributed by atoms with Gasteiger partial charge in [-0.25, -0.2) is 0 Å². The first-order chi connectivity index (χ1) is 52.7. The molecule has 109 heavy (non-hydrogen) atoms. The van der Waals surface area contributed by atoms with Crippen LogP contribution >= 0.6 is 11.8 Å². The summed E-state index contributed by atoms with van der Waals surface area (Å²) in [5.74, 6) is -6.00. The van der Waals surface area contributed by atoms with Gasteiger partial charge < -0.3 is 85.8 Å². The van der Waals surface area contributed by atoms with Gasteiger partial charge in [0.2, 0.25) is 5.91 Å². The second-order valence-electron chi connectivity index (χ2n) is 26.7. The molecular weight excluding hydrogens is 1430 g/mol. The van der Waals surface area contributed by atoms with E-state index in [1.807, 2.05) is 159 Å². The van der Waals surface area contributed by atoms with Gasteiger partial charge in [-0.1, -0.05) is 171 Å². The van der Waals surface area contributed by atoms with Gasteiger partial charge in [0.15, 0.2) is 37.2 Å². The molecule has 0 saturated carbocycles. The van der Waals surface area contributed by atoms with Crippen molar-refractivity contribution in [1.82, 2.24) is 10.2 Å². The van der Waals surface area contributed by atoms with E-state index < -0.39 is 183 Å². The van der Waals surface area contributed by atoms with Gasteiger partial charge in [0, 0.05) is 41.5 Å². The average Bonchev–Trinajstić information content (AvgIpc) is 1.50. The molecule has 4 saturated heterocycles. The second-order valence-corrected chi connectivity index (χ2v) is 28.1. The molecule has 5 heterocycles. The molecule has 582 valence electrons. The number of esters is 5. The van der Waals surface area contributed by atoms with Crippen LogP contribution in [-0.2, 0) is 142 Å². The third-order valence-electron chi connectivity index (χ3n) is 18.6. The summed E-state index contributed by atoms with van der Waals surface area (Å²) >= 11 is 1.31. The Hall–Kier alpha value is -8.85. The maximum absolute atomic E-state index is 15.2. The van der Waals surface area contributed by atoms with Gasteiger partial charge in [-0.2, -0.15) is 0 Å². The summed E-state index contributed by atoms with van der Waals surface area (Å²) in [5.41, 5.74) is 3.02. The first kappa shape index (κ1) is 81.1. The molecule has 0 bridgehead atoms. The Morgan fingerprint density at radius 1 is 0.394 bits per heavy atom. The van der Waals surface area contributed by atoms with E-state index in [0.29, 0.717) is 11.3 Å². The van der Waals surface area contributed by atoms with E-state index in [4.69, 9.17) is 80.5 Å². The van der Waals surface area contributed by atoms with Crippen molar-refractivity contribution in [3.63, 3.8) is 0 Å². The number of hydrogen-bond acceptors (Lipinski definition) is 26. The fourth-order valence-corrected chi connectivity index (χ4v) is 14.9. The van der Waals surface area contributed by atoms with Crippen LogP contribution in [0.25, 0.3) is 0 Å². The van der Waals surface area contributed by atoms with Crippen molar-refractivity contribution >= 4 is 59.3 Å². The van der Waals surface area contributed by atoms with E-state index in [2.05, 4.69) is 5.32 Å². The molecule has 20 atom stereocenters. The van der Waals surface area contributed by atoms with Crippen molar-refractivity contribution in [2.45, 2.75) is 210 Å². The zero-order valence-corrected chi connectivity index (χ0v) is 62.5. The SMILES string of the molecule is CCS[C@@H]1O[C@H](COCc2ccccc2)[C@@H](O[C@@H]2O[C@H](COC(C)=O)[C@H](OC(C)=O)[C@H](O[C@H]3O[C@H](COC(C)=O)[C@H](OC(C)=O)[C@H](OC(C)=O)[C@H]3NC(C)=O)[C@H]2O[C@@H]2O[C@@H](C)[C@@H](OCc3ccccc3)[C@@H](OCc3ccccc3)[C@@H]2OCc2ccccc2)[C@H](OCc2ccccc2)[C@H]1N1C(=O)c2ccccc2C1=O. The first-order valence-electron chi connectivity index (χ1n) is 36.2. The van der Waals surface area contributed by atoms with Crippen LogP contribution in [0.3, 0.4) is 0 Å². The number of carbonyl (C=O) groups excluding carboxylic acids is 8. The maximum Gasteiger partial charge on any atom is 0.303 e. The number of nitrogens with one attached hydrogen (secondary N) is 1. The number of amides is 3. The molecule has 0 spiro atoms. The zero-order chi connectivity index (χ0) is 77.1. The lowest BCUT2D eigenvalue weighted by Crippen LogP contribution is -2.71. The predicted molar refractivity (Wildman–Crippen MR) is 388 cm³/mol. The average molecular weight is 1530 g/mol. The quantitative estimate of drug-likeness (QED) is 0.0229. The first-order valence-corrected chi connectivity index (χ1v) is 37.2. The highest BCUT2D eigenvalue weighted by atomic mass is 32.2. The Morgan fingerprint density at radius 2 is 0.780 bits per heavy atom. The Morgan fingerprint density at radius 3 is 1.24 bits per heavy atom. The molecule has 5 aliphatic rings. The molecule has 0 unspecified atom stereocenters. The normalized spacial score (nSPS) is 28.8. The summed E-state index contributed by atoms with van der Waals surface area (Å²) in [4.78, 5) is 112. The number of imide groups is 1. The highest BCUT2D eigenvalue weighted by molar-refractivity contribution is 7.99. The van der Waals surface area contributed by atoms with Gasteiger partial charge in [0.05, 0.1) is 56.9 Å². The summed E-state index contributed by atoms with van der Waals surface area (Å²) in [6.45, 7) is 8.64. The van der Waals surface area contributed by atoms with E-state index in [1.165, 1.54) is 11.8 Å². The summed E-state index contributed by atoms with van der Waals surface area (Å²) in [6, 6.07) is 50.1. The van der Waals surface area contributed by atoms with Gasteiger partial charge in [-0.3, -0.25) is 43.3 Å². The lowest BCUT2D eigenvalue weighted by Gasteiger charge is -2.53. The largest absolute Gasteiger partial charge is 0.463 e. The molecule has 6 aromatic carbocycles. The minimum atomic E-state index is -1.98. The van der Waals surface area contributed by atoms with Crippen LogP contribution in [0.1, 0.15) is 104 Å². The van der Waals surface area contributed by atoms with Crippen LogP contribution in [0.5, 0.6) is 0 Å². The molecule has 28 heteroatoms. The van der Waals surface area contributed by atoms with Crippen LogP contribution < -0.4 is 5.32 Å². The monoisotopic (exact) mass is 1520 g/mol. The third kappa shape index (κ3) is 21.4. The fourth-order valence-electron chi connectivity index (χ4n) is 13.9. The molecule has 3 amide bonds. The molecule has 27 nitrogen and oxygen atoms in total. The number of rotatable bonds is 33. The van der Waals surface area contributed by atoms with E-state index in [0.717, 1.165) is 68.7 Å². The number of carbonyl (C=O) groups is 8. The van der Waals surface area contributed by atoms with Crippen molar-refractivity contribution < 1.29 is 119 Å². The molecule has 6 aromatic rings. The Bertz CT molecular complexity index is 3950. The second kappa shape index (κ2) is 39.2. The lowest BCUT2D eigenvalue weighted by atomic mass is 9.93. The van der Waals surface area contributed by atoms with Crippen LogP contribution in [0.2, 0.25) is 0 Å². The number of hydrogen-bond donors (Lipinski definition) is 1. The van der Waals surface area contributed by atoms with E-state index in [9.17, 15) is 28.8 Å². The van der Waals surface area contributed by atoms with Gasteiger partial charge in [0.1, 0.15) is 91.8 Å². The van der Waals surface area contributed by atoms with Crippen LogP contribution in [0, 0.1) is 0 Å². The molecule has 0 aliphatic carbocycles. The van der Waals surface area contributed by atoms with E-state index >= 15 is 9.59 Å². The summed E-state index contributed by atoms with van der Waals surface area (Å²) in [6.07, 6.45) is -26.3. The fraction of sp³-hybridized carbons (Fsp3) is 0.457. The van der Waals surface area contributed by atoms with Crippen LogP contribution in [0.4, 0.5) is 0 Å². The van der Waals surface area contributed by atoms with Gasteiger partial charge in [-0.15, -0.1) is 11.8 Å². The van der Waals surface area contributed by atoms with Crippen molar-refractivity contribution in [3.05, 3.63) is 215 Å². The van der Waals surface area contributed by atoms with Gasteiger partial charge in [0.25, 0.3) is 11.8 Å². The summed E-state index contributed by atoms with van der Waals surface area (Å²) < 4.78 is 115. The molecular formula is C81H92N2O25S. The molecule has 1 N–H and O–H groups in total. The molecule has 11 rings (SSSR count). The number of ether oxygens (including phenoxy) is 17. The van der Waals surface area contributed by atoms with Gasteiger partial charge in [-0.05, 0) is 52.6 Å². The Balaban J connectivity index is 1.13.